The SMILES string of the molecule is O=C1CC(CS(=O)(=O)F)CN1Cc1cccc(Cl)c1F. The molecule has 0 aliphatic carbocycles. The molecule has 0 spiro atoms. The molecule has 1 aliphatic rings. The van der Waals surface area contributed by atoms with Crippen molar-refractivity contribution in [2.45, 2.75) is 13.0 Å². The summed E-state index contributed by atoms with van der Waals surface area (Å²) < 4.78 is 47.5. The van der Waals surface area contributed by atoms with E-state index >= 15 is 0 Å². The maximum absolute atomic E-state index is 13.7. The lowest BCUT2D eigenvalue weighted by atomic mass is 10.1. The molecule has 2 rings (SSSR count). The van der Waals surface area contributed by atoms with Gasteiger partial charge in [-0.3, -0.25) is 4.79 Å². The zero-order chi connectivity index (χ0) is 14.9. The van der Waals surface area contributed by atoms with Gasteiger partial charge in [0.1, 0.15) is 5.82 Å². The third kappa shape index (κ3) is 3.67. The lowest BCUT2D eigenvalue weighted by Crippen LogP contribution is -2.26. The first kappa shape index (κ1) is 15.2. The highest BCUT2D eigenvalue weighted by Gasteiger charge is 2.33. The lowest BCUT2D eigenvalue weighted by molar-refractivity contribution is -0.128. The average molecular weight is 324 g/mol. The fourth-order valence-corrected chi connectivity index (χ4v) is 3.26. The van der Waals surface area contributed by atoms with Crippen LogP contribution in [-0.4, -0.2) is 31.5 Å². The predicted octanol–water partition coefficient (Wildman–Crippen LogP) is 2.13. The first-order valence-electron chi connectivity index (χ1n) is 5.89. The van der Waals surface area contributed by atoms with Gasteiger partial charge in [0.2, 0.25) is 5.91 Å². The summed E-state index contributed by atoms with van der Waals surface area (Å²) in [7, 11) is -4.62. The maximum atomic E-state index is 13.7. The standard InChI is InChI=1S/C12H12ClF2NO3S/c13-10-3-1-2-9(12(10)14)6-16-5-8(4-11(16)17)7-20(15,18)19/h1-3,8H,4-7H2. The van der Waals surface area contributed by atoms with Crippen molar-refractivity contribution in [3.8, 4) is 0 Å². The van der Waals surface area contributed by atoms with Crippen LogP contribution < -0.4 is 0 Å². The Bertz CT molecular complexity index is 636. The molecule has 0 saturated carbocycles. The van der Waals surface area contributed by atoms with Gasteiger partial charge in [0.05, 0.1) is 10.8 Å². The number of likely N-dealkylation sites (tertiary alicyclic amines) is 1. The topological polar surface area (TPSA) is 54.5 Å². The van der Waals surface area contributed by atoms with Gasteiger partial charge < -0.3 is 4.90 Å². The first-order valence-corrected chi connectivity index (χ1v) is 7.82. The molecule has 0 radical (unpaired) electrons. The van der Waals surface area contributed by atoms with Crippen LogP contribution in [0.4, 0.5) is 8.28 Å². The second-order valence-electron chi connectivity index (χ2n) is 4.76. The summed E-state index contributed by atoms with van der Waals surface area (Å²) in [4.78, 5) is 13.0. The van der Waals surface area contributed by atoms with Crippen LogP contribution in [0.2, 0.25) is 5.02 Å². The molecule has 4 nitrogen and oxygen atoms in total. The van der Waals surface area contributed by atoms with Crippen molar-refractivity contribution >= 4 is 27.7 Å². The Balaban J connectivity index is 2.07. The van der Waals surface area contributed by atoms with E-state index in [-0.39, 0.29) is 36.0 Å². The minimum absolute atomic E-state index is 0.00589. The molecular formula is C12H12ClF2NO3S. The highest BCUT2D eigenvalue weighted by Crippen LogP contribution is 2.24. The molecule has 1 atom stereocenters. The third-order valence-corrected chi connectivity index (χ3v) is 4.28. The molecular weight excluding hydrogens is 312 g/mol. The summed E-state index contributed by atoms with van der Waals surface area (Å²) in [5.41, 5.74) is 0.245. The highest BCUT2D eigenvalue weighted by atomic mass is 35.5. The summed E-state index contributed by atoms with van der Waals surface area (Å²) in [6.45, 7) is 0.0853. The van der Waals surface area contributed by atoms with Gasteiger partial charge >= 0.3 is 10.2 Å². The van der Waals surface area contributed by atoms with Crippen molar-refractivity contribution in [1.29, 1.82) is 0 Å². The molecule has 8 heteroatoms. The van der Waals surface area contributed by atoms with E-state index in [9.17, 15) is 21.5 Å². The van der Waals surface area contributed by atoms with Crippen LogP contribution in [0.5, 0.6) is 0 Å². The van der Waals surface area contributed by atoms with Gasteiger partial charge in [-0.05, 0) is 6.07 Å². The minimum Gasteiger partial charge on any atom is -0.338 e. The Morgan fingerprint density at radius 1 is 1.40 bits per heavy atom. The van der Waals surface area contributed by atoms with E-state index in [1.165, 1.54) is 17.0 Å². The fourth-order valence-electron chi connectivity index (χ4n) is 2.28. The zero-order valence-corrected chi connectivity index (χ0v) is 11.9. The van der Waals surface area contributed by atoms with E-state index in [4.69, 9.17) is 11.6 Å². The van der Waals surface area contributed by atoms with Gasteiger partial charge in [-0.15, -0.1) is 3.89 Å². The highest BCUT2D eigenvalue weighted by molar-refractivity contribution is 7.86. The maximum Gasteiger partial charge on any atom is 0.302 e. The number of amides is 1. The Labute approximate surface area is 120 Å². The summed E-state index contributed by atoms with van der Waals surface area (Å²) >= 11 is 5.64. The monoisotopic (exact) mass is 323 g/mol. The number of hydrogen-bond acceptors (Lipinski definition) is 3. The molecule has 1 aliphatic heterocycles. The number of hydrogen-bond donors (Lipinski definition) is 0. The largest absolute Gasteiger partial charge is 0.338 e. The Morgan fingerprint density at radius 2 is 2.10 bits per heavy atom. The molecule has 1 aromatic carbocycles. The van der Waals surface area contributed by atoms with Crippen molar-refractivity contribution in [3.05, 3.63) is 34.6 Å². The molecule has 1 aromatic rings. The van der Waals surface area contributed by atoms with E-state index in [0.717, 1.165) is 0 Å². The van der Waals surface area contributed by atoms with Crippen molar-refractivity contribution in [3.63, 3.8) is 0 Å². The Kier molecular flexibility index (Phi) is 4.29. The molecule has 110 valence electrons. The second-order valence-corrected chi connectivity index (χ2v) is 6.58. The average Bonchev–Trinajstić information content (AvgIpc) is 2.63. The summed E-state index contributed by atoms with van der Waals surface area (Å²) in [6.07, 6.45) is -0.0503. The van der Waals surface area contributed by atoms with Gasteiger partial charge in [-0.2, -0.15) is 8.42 Å². The summed E-state index contributed by atoms with van der Waals surface area (Å²) in [5.74, 6) is -2.21. The van der Waals surface area contributed by atoms with Crippen molar-refractivity contribution < 1.29 is 21.5 Å². The second kappa shape index (κ2) is 5.65. The van der Waals surface area contributed by atoms with Crippen LogP contribution in [0, 0.1) is 11.7 Å². The van der Waals surface area contributed by atoms with Gasteiger partial charge in [-0.1, -0.05) is 23.7 Å². The molecule has 1 unspecified atom stereocenters. The Morgan fingerprint density at radius 3 is 2.75 bits per heavy atom. The minimum atomic E-state index is -4.62. The zero-order valence-electron chi connectivity index (χ0n) is 10.4. The van der Waals surface area contributed by atoms with E-state index in [1.807, 2.05) is 0 Å². The van der Waals surface area contributed by atoms with Gasteiger partial charge in [-0.25, -0.2) is 4.39 Å². The molecule has 0 N–H and O–H groups in total. The quantitative estimate of drug-likeness (QED) is 0.798. The first-order chi connectivity index (χ1) is 9.26. The van der Waals surface area contributed by atoms with E-state index in [1.54, 1.807) is 6.07 Å². The van der Waals surface area contributed by atoms with Crippen LogP contribution in [-0.2, 0) is 21.6 Å². The van der Waals surface area contributed by atoms with Gasteiger partial charge in [0, 0.05) is 31.0 Å². The molecule has 1 heterocycles. The summed E-state index contributed by atoms with van der Waals surface area (Å²) in [6, 6.07) is 4.45. The van der Waals surface area contributed by atoms with Crippen LogP contribution >= 0.6 is 11.6 Å². The molecule has 1 saturated heterocycles. The van der Waals surface area contributed by atoms with Crippen molar-refractivity contribution in [1.82, 2.24) is 4.90 Å². The molecule has 20 heavy (non-hydrogen) atoms. The fraction of sp³-hybridized carbons (Fsp3) is 0.417. The van der Waals surface area contributed by atoms with E-state index in [0.29, 0.717) is 0 Å². The number of rotatable bonds is 4. The van der Waals surface area contributed by atoms with E-state index < -0.39 is 27.7 Å². The van der Waals surface area contributed by atoms with Crippen LogP contribution in [0.25, 0.3) is 0 Å². The van der Waals surface area contributed by atoms with Gasteiger partial charge in [0.15, 0.2) is 0 Å². The van der Waals surface area contributed by atoms with Crippen molar-refractivity contribution in [2.24, 2.45) is 5.92 Å². The molecule has 1 fully saturated rings. The number of benzene rings is 1. The number of carbonyl (C=O) groups excluding carboxylic acids is 1. The molecule has 1 amide bonds. The number of nitrogens with zero attached hydrogens (tertiary/aromatic N) is 1. The van der Waals surface area contributed by atoms with Crippen LogP contribution in [0.3, 0.4) is 0 Å². The lowest BCUT2D eigenvalue weighted by Gasteiger charge is -2.17. The van der Waals surface area contributed by atoms with E-state index in [2.05, 4.69) is 0 Å². The summed E-state index contributed by atoms with van der Waals surface area (Å²) in [5, 5.41) is -0.0444. The van der Waals surface area contributed by atoms with Crippen molar-refractivity contribution in [2.75, 3.05) is 12.3 Å². The predicted molar refractivity (Wildman–Crippen MR) is 69.8 cm³/mol. The molecule has 0 bridgehead atoms. The smallest absolute Gasteiger partial charge is 0.302 e. The number of halogens is 3. The number of carbonyl (C=O) groups is 1. The molecule has 0 aromatic heterocycles. The normalized spacial score (nSPS) is 19.6. The van der Waals surface area contributed by atoms with Crippen LogP contribution in [0.1, 0.15) is 12.0 Å². The van der Waals surface area contributed by atoms with Crippen LogP contribution in [0.15, 0.2) is 18.2 Å². The Hall–Kier alpha value is -1.21. The third-order valence-electron chi connectivity index (χ3n) is 3.12. The van der Waals surface area contributed by atoms with Gasteiger partial charge in [0.25, 0.3) is 0 Å².